The zero-order valence-electron chi connectivity index (χ0n) is 17.6. The van der Waals surface area contributed by atoms with Crippen LogP contribution in [0.5, 0.6) is 17.2 Å². The van der Waals surface area contributed by atoms with E-state index >= 15 is 0 Å². The Balaban J connectivity index is 1.46. The van der Waals surface area contributed by atoms with Crippen molar-refractivity contribution < 1.29 is 22.7 Å². The third-order valence-corrected chi connectivity index (χ3v) is 8.41. The molecular formula is C22H26N2O5S2. The van der Waals surface area contributed by atoms with Gasteiger partial charge in [-0.3, -0.25) is 4.79 Å². The van der Waals surface area contributed by atoms with E-state index in [2.05, 4.69) is 0 Å². The first-order chi connectivity index (χ1) is 14.9. The predicted molar refractivity (Wildman–Crippen MR) is 120 cm³/mol. The second kappa shape index (κ2) is 9.10. The highest BCUT2D eigenvalue weighted by atomic mass is 32.2. The van der Waals surface area contributed by atoms with Gasteiger partial charge < -0.3 is 14.4 Å². The lowest BCUT2D eigenvalue weighted by Gasteiger charge is -2.26. The minimum atomic E-state index is -3.78. The molecule has 1 saturated heterocycles. The van der Waals surface area contributed by atoms with E-state index < -0.39 is 16.1 Å². The summed E-state index contributed by atoms with van der Waals surface area (Å²) in [5.41, 5.74) is 0. The maximum absolute atomic E-state index is 13.2. The van der Waals surface area contributed by atoms with Crippen molar-refractivity contribution in [1.29, 1.82) is 0 Å². The van der Waals surface area contributed by atoms with Crippen LogP contribution in [0.4, 0.5) is 0 Å². The Bertz CT molecular complexity index is 1020. The van der Waals surface area contributed by atoms with E-state index in [9.17, 15) is 13.2 Å². The zero-order chi connectivity index (χ0) is 22.0. The number of carbonyl (C=O) groups excluding carboxylic acids is 1. The molecule has 1 saturated carbocycles. The Morgan fingerprint density at radius 3 is 2.23 bits per heavy atom. The van der Waals surface area contributed by atoms with Gasteiger partial charge in [0.2, 0.25) is 15.9 Å². The molecule has 1 aliphatic carbocycles. The number of rotatable bonds is 8. The van der Waals surface area contributed by atoms with Crippen LogP contribution >= 0.6 is 11.8 Å². The zero-order valence-corrected chi connectivity index (χ0v) is 19.2. The summed E-state index contributed by atoms with van der Waals surface area (Å²) >= 11 is 1.46. The van der Waals surface area contributed by atoms with Crippen LogP contribution in [-0.2, 0) is 14.8 Å². The van der Waals surface area contributed by atoms with E-state index in [1.54, 1.807) is 36.2 Å². The largest absolute Gasteiger partial charge is 0.494 e. The van der Waals surface area contributed by atoms with Crippen LogP contribution in [0.1, 0.15) is 19.8 Å². The first-order valence-electron chi connectivity index (χ1n) is 10.3. The first-order valence-corrected chi connectivity index (χ1v) is 12.9. The second-order valence-electron chi connectivity index (χ2n) is 7.57. The molecule has 166 valence electrons. The molecule has 7 nitrogen and oxygen atoms in total. The number of amides is 1. The van der Waals surface area contributed by atoms with E-state index in [0.717, 1.165) is 18.6 Å². The van der Waals surface area contributed by atoms with Gasteiger partial charge in [-0.25, -0.2) is 8.42 Å². The van der Waals surface area contributed by atoms with Gasteiger partial charge in [0.15, 0.2) is 0 Å². The molecule has 9 heteroatoms. The molecule has 2 aromatic carbocycles. The Morgan fingerprint density at radius 1 is 1.06 bits per heavy atom. The van der Waals surface area contributed by atoms with Crippen LogP contribution < -0.4 is 9.47 Å². The summed E-state index contributed by atoms with van der Waals surface area (Å²) in [6.45, 7) is 2.51. The van der Waals surface area contributed by atoms with Crippen molar-refractivity contribution in [3.8, 4) is 17.2 Å². The molecular weight excluding hydrogens is 436 g/mol. The highest BCUT2D eigenvalue weighted by Gasteiger charge is 2.43. The van der Waals surface area contributed by atoms with E-state index in [1.165, 1.54) is 28.2 Å². The summed E-state index contributed by atoms with van der Waals surface area (Å²) in [5.74, 6) is 2.56. The molecule has 1 amide bonds. The molecule has 0 bridgehead atoms. The lowest BCUT2D eigenvalue weighted by molar-refractivity contribution is -0.133. The molecule has 1 heterocycles. The van der Waals surface area contributed by atoms with Crippen molar-refractivity contribution in [3.05, 3.63) is 48.5 Å². The molecule has 2 aliphatic rings. The van der Waals surface area contributed by atoms with Crippen molar-refractivity contribution in [2.24, 2.45) is 0 Å². The lowest BCUT2D eigenvalue weighted by Crippen LogP contribution is -2.48. The number of hydrogen-bond donors (Lipinski definition) is 0. The maximum atomic E-state index is 13.2. The summed E-state index contributed by atoms with van der Waals surface area (Å²) < 4.78 is 39.0. The SMILES string of the molecule is CCOc1ccc(Oc2ccc(S(=O)(=O)N3CSCC3C(=O)N(C)C3CC3)cc2)cc1. The van der Waals surface area contributed by atoms with E-state index in [0.29, 0.717) is 23.9 Å². The average molecular weight is 463 g/mol. The Labute approximate surface area is 187 Å². The summed E-state index contributed by atoms with van der Waals surface area (Å²) in [6, 6.07) is 13.1. The summed E-state index contributed by atoms with van der Waals surface area (Å²) in [7, 11) is -2.02. The smallest absolute Gasteiger partial charge is 0.244 e. The van der Waals surface area contributed by atoms with Gasteiger partial charge in [0, 0.05) is 18.8 Å². The number of hydrogen-bond acceptors (Lipinski definition) is 6. The standard InChI is InChI=1S/C22H26N2O5S2/c1-3-28-17-6-8-18(9-7-17)29-19-10-12-20(13-11-19)31(26,27)24-15-30-14-21(24)22(25)23(2)16-4-5-16/h6-13,16,21H,3-5,14-15H2,1-2H3. The van der Waals surface area contributed by atoms with E-state index in [-0.39, 0.29) is 22.7 Å². The highest BCUT2D eigenvalue weighted by Crippen LogP contribution is 2.33. The van der Waals surface area contributed by atoms with Crippen molar-refractivity contribution in [2.75, 3.05) is 25.3 Å². The third kappa shape index (κ3) is 4.83. The van der Waals surface area contributed by atoms with Gasteiger partial charge in [-0.15, -0.1) is 11.8 Å². The molecule has 0 N–H and O–H groups in total. The minimum absolute atomic E-state index is 0.119. The predicted octanol–water partition coefficient (Wildman–Crippen LogP) is 3.56. The number of benzene rings is 2. The van der Waals surface area contributed by atoms with Crippen molar-refractivity contribution in [3.63, 3.8) is 0 Å². The summed E-state index contributed by atoms with van der Waals surface area (Å²) in [4.78, 5) is 14.7. The molecule has 2 fully saturated rings. The van der Waals surface area contributed by atoms with Crippen LogP contribution in [0.2, 0.25) is 0 Å². The van der Waals surface area contributed by atoms with Crippen molar-refractivity contribution in [1.82, 2.24) is 9.21 Å². The van der Waals surface area contributed by atoms with Crippen LogP contribution in [0.15, 0.2) is 53.4 Å². The number of sulfonamides is 1. The lowest BCUT2D eigenvalue weighted by atomic mass is 10.3. The fourth-order valence-electron chi connectivity index (χ4n) is 3.46. The molecule has 2 aromatic rings. The summed E-state index contributed by atoms with van der Waals surface area (Å²) in [6.07, 6.45) is 1.98. The second-order valence-corrected chi connectivity index (χ2v) is 10.5. The van der Waals surface area contributed by atoms with Crippen LogP contribution in [0.25, 0.3) is 0 Å². The van der Waals surface area contributed by atoms with Gasteiger partial charge in [-0.2, -0.15) is 4.31 Å². The molecule has 0 radical (unpaired) electrons. The molecule has 1 unspecified atom stereocenters. The average Bonchev–Trinajstić information content (AvgIpc) is 3.50. The minimum Gasteiger partial charge on any atom is -0.494 e. The molecule has 4 rings (SSSR count). The first kappa shape index (κ1) is 22.0. The number of ether oxygens (including phenoxy) is 2. The quantitative estimate of drug-likeness (QED) is 0.597. The number of nitrogens with zero attached hydrogens (tertiary/aromatic N) is 2. The highest BCUT2D eigenvalue weighted by molar-refractivity contribution is 8.00. The van der Waals surface area contributed by atoms with Gasteiger partial charge in [-0.05, 0) is 68.3 Å². The van der Waals surface area contributed by atoms with Gasteiger partial charge in [-0.1, -0.05) is 0 Å². The summed E-state index contributed by atoms with van der Waals surface area (Å²) in [5, 5.41) is 0. The number of thioether (sulfide) groups is 1. The van der Waals surface area contributed by atoms with Crippen molar-refractivity contribution in [2.45, 2.75) is 36.7 Å². The van der Waals surface area contributed by atoms with E-state index in [1.807, 2.05) is 19.1 Å². The Morgan fingerprint density at radius 2 is 1.65 bits per heavy atom. The van der Waals surface area contributed by atoms with Gasteiger partial charge in [0.25, 0.3) is 0 Å². The van der Waals surface area contributed by atoms with Crippen LogP contribution in [0, 0.1) is 0 Å². The van der Waals surface area contributed by atoms with E-state index in [4.69, 9.17) is 9.47 Å². The number of likely N-dealkylation sites (N-methyl/N-ethyl adjacent to an activating group) is 1. The van der Waals surface area contributed by atoms with Gasteiger partial charge >= 0.3 is 0 Å². The van der Waals surface area contributed by atoms with Crippen molar-refractivity contribution >= 4 is 27.7 Å². The van der Waals surface area contributed by atoms with Gasteiger partial charge in [0.05, 0.1) is 17.4 Å². The normalized spacial score (nSPS) is 19.2. The molecule has 0 spiro atoms. The Kier molecular flexibility index (Phi) is 6.45. The van der Waals surface area contributed by atoms with Crippen LogP contribution in [0.3, 0.4) is 0 Å². The molecule has 1 atom stereocenters. The van der Waals surface area contributed by atoms with Gasteiger partial charge in [0.1, 0.15) is 23.3 Å². The maximum Gasteiger partial charge on any atom is 0.244 e. The number of carbonyl (C=O) groups is 1. The Hall–Kier alpha value is -2.23. The monoisotopic (exact) mass is 462 g/mol. The molecule has 1 aliphatic heterocycles. The molecule has 0 aromatic heterocycles. The topological polar surface area (TPSA) is 76.1 Å². The third-order valence-electron chi connectivity index (χ3n) is 5.37. The fourth-order valence-corrected chi connectivity index (χ4v) is 6.59. The van der Waals surface area contributed by atoms with Crippen LogP contribution in [-0.4, -0.2) is 60.9 Å². The fraction of sp³-hybridized carbons (Fsp3) is 0.409. The molecule has 31 heavy (non-hydrogen) atoms.